The minimum absolute atomic E-state index is 0.0861. The monoisotopic (exact) mass is 523 g/mol. The number of aromatic hydroxyl groups is 1. The zero-order chi connectivity index (χ0) is 27.4. The van der Waals surface area contributed by atoms with Crippen LogP contribution in [0, 0.1) is 17.8 Å². The third-order valence-electron chi connectivity index (χ3n) is 8.24. The van der Waals surface area contributed by atoms with Crippen molar-refractivity contribution in [2.24, 2.45) is 17.8 Å². The lowest BCUT2D eigenvalue weighted by Gasteiger charge is -2.43. The maximum absolute atomic E-state index is 13.5. The number of phenols is 1. The van der Waals surface area contributed by atoms with E-state index >= 15 is 0 Å². The van der Waals surface area contributed by atoms with E-state index in [4.69, 9.17) is 9.76 Å². The summed E-state index contributed by atoms with van der Waals surface area (Å²) >= 11 is 0. The van der Waals surface area contributed by atoms with E-state index in [0.717, 1.165) is 28.7 Å². The Morgan fingerprint density at radius 3 is 2.61 bits per heavy atom. The van der Waals surface area contributed by atoms with Gasteiger partial charge in [0.15, 0.2) is 0 Å². The Balaban J connectivity index is 1.48. The summed E-state index contributed by atoms with van der Waals surface area (Å²) in [6.07, 6.45) is 6.39. The third kappa shape index (κ3) is 6.05. The van der Waals surface area contributed by atoms with Crippen molar-refractivity contribution in [3.05, 3.63) is 46.5 Å². The fourth-order valence-electron chi connectivity index (χ4n) is 6.42. The second-order valence-corrected chi connectivity index (χ2v) is 10.8. The minimum atomic E-state index is -0.999. The van der Waals surface area contributed by atoms with Crippen molar-refractivity contribution >= 4 is 31.0 Å². The molecule has 0 spiro atoms. The number of aliphatic carboxylic acids is 1. The molecule has 0 radical (unpaired) electrons. The molecule has 4 rings (SSSR count). The molecule has 8 nitrogen and oxygen atoms in total. The van der Waals surface area contributed by atoms with Gasteiger partial charge in [0.2, 0.25) is 11.8 Å². The predicted molar refractivity (Wildman–Crippen MR) is 144 cm³/mol. The van der Waals surface area contributed by atoms with Crippen molar-refractivity contribution in [3.8, 4) is 5.75 Å². The molecular formula is C29H38BNO7. The third-order valence-corrected chi connectivity index (χ3v) is 8.24. The van der Waals surface area contributed by atoms with E-state index in [2.05, 4.69) is 6.92 Å². The Morgan fingerprint density at radius 2 is 1.89 bits per heavy atom. The topological polar surface area (TPSA) is 124 Å². The molecule has 2 heterocycles. The number of amides is 2. The standard InChI is InChI=1S/C29H38BNO7/c1-3-19-16-21-27(29(36)31(28(21)35)14-8-4-5-11-25(33)34)22-17-30(37)38-24(26(19)22)13-12-18(2)15-20-9-6-7-10-23(20)32/h6-7,9-10,15,21-22,24,27,32,37H,3-5,8,11-14,16-17H2,1-2H3,(H,33,34)/b18-15+/t21-,22+,24-,27-/m1/s1. The molecule has 2 saturated heterocycles. The Kier molecular flexibility index (Phi) is 9.10. The van der Waals surface area contributed by atoms with Crippen LogP contribution in [0.4, 0.5) is 0 Å². The zero-order valence-corrected chi connectivity index (χ0v) is 22.3. The molecule has 0 aromatic heterocycles. The number of fused-ring (bicyclic) bond motifs is 3. The molecular weight excluding hydrogens is 485 g/mol. The van der Waals surface area contributed by atoms with Crippen molar-refractivity contribution in [2.45, 2.75) is 77.6 Å². The Hall–Kier alpha value is -2.91. The number of carbonyl (C=O) groups is 3. The van der Waals surface area contributed by atoms with E-state index in [1.807, 2.05) is 25.1 Å². The molecule has 1 aromatic rings. The summed E-state index contributed by atoms with van der Waals surface area (Å²) in [5, 5.41) is 29.6. The molecule has 3 N–H and O–H groups in total. The molecule has 0 bridgehead atoms. The number of allylic oxidation sites excluding steroid dienone is 2. The van der Waals surface area contributed by atoms with Gasteiger partial charge in [0.05, 0.1) is 17.9 Å². The molecule has 38 heavy (non-hydrogen) atoms. The zero-order valence-electron chi connectivity index (χ0n) is 22.3. The highest BCUT2D eigenvalue weighted by Crippen LogP contribution is 2.51. The van der Waals surface area contributed by atoms with Gasteiger partial charge in [-0.2, -0.15) is 0 Å². The number of unbranched alkanes of at least 4 members (excludes halogenated alkanes) is 2. The number of imide groups is 1. The van der Waals surface area contributed by atoms with Crippen molar-refractivity contribution < 1.29 is 34.3 Å². The van der Waals surface area contributed by atoms with E-state index in [1.165, 1.54) is 4.90 Å². The van der Waals surface area contributed by atoms with Crippen LogP contribution in [0.25, 0.3) is 6.08 Å². The summed E-state index contributed by atoms with van der Waals surface area (Å²) in [4.78, 5) is 39.0. The van der Waals surface area contributed by atoms with Crippen LogP contribution >= 0.6 is 0 Å². The van der Waals surface area contributed by atoms with Crippen LogP contribution in [0.15, 0.2) is 41.0 Å². The normalized spacial score (nSPS) is 25.6. The average Bonchev–Trinajstić information content (AvgIpc) is 3.12. The van der Waals surface area contributed by atoms with Crippen LogP contribution in [-0.4, -0.2) is 57.7 Å². The summed E-state index contributed by atoms with van der Waals surface area (Å²) in [7, 11) is -0.999. The fraction of sp³-hybridized carbons (Fsp3) is 0.552. The van der Waals surface area contributed by atoms with E-state index in [0.29, 0.717) is 51.4 Å². The minimum Gasteiger partial charge on any atom is -0.507 e. The highest BCUT2D eigenvalue weighted by atomic mass is 16.5. The van der Waals surface area contributed by atoms with Crippen molar-refractivity contribution in [1.82, 2.24) is 4.90 Å². The molecule has 204 valence electrons. The lowest BCUT2D eigenvalue weighted by molar-refractivity contribution is -0.141. The number of carboxylic acids is 1. The molecule has 0 saturated carbocycles. The van der Waals surface area contributed by atoms with Crippen LogP contribution in [0.2, 0.25) is 6.32 Å². The van der Waals surface area contributed by atoms with Gasteiger partial charge in [0, 0.05) is 18.5 Å². The SMILES string of the molecule is CCC1=C2[C@@H](CC/C(C)=C/c3ccccc3O)OB(O)C[C@@H]2[C@@H]2C(=O)N(CCCCCC(=O)O)C(=O)[C@@H]2C1. The van der Waals surface area contributed by atoms with Gasteiger partial charge in [-0.1, -0.05) is 48.8 Å². The van der Waals surface area contributed by atoms with Gasteiger partial charge in [0.25, 0.3) is 0 Å². The molecule has 2 amide bonds. The smallest absolute Gasteiger partial charge is 0.455 e. The van der Waals surface area contributed by atoms with Crippen molar-refractivity contribution in [1.29, 1.82) is 0 Å². The largest absolute Gasteiger partial charge is 0.507 e. The first-order chi connectivity index (χ1) is 18.2. The van der Waals surface area contributed by atoms with Gasteiger partial charge in [-0.15, -0.1) is 0 Å². The number of carbonyl (C=O) groups excluding carboxylic acids is 2. The van der Waals surface area contributed by atoms with Crippen LogP contribution in [0.3, 0.4) is 0 Å². The number of hydrogen-bond donors (Lipinski definition) is 3. The predicted octanol–water partition coefficient (Wildman–Crippen LogP) is 4.43. The fourth-order valence-corrected chi connectivity index (χ4v) is 6.42. The lowest BCUT2D eigenvalue weighted by Crippen LogP contribution is -2.46. The van der Waals surface area contributed by atoms with Crippen LogP contribution in [-0.2, 0) is 19.0 Å². The maximum Gasteiger partial charge on any atom is 0.455 e. The molecule has 0 unspecified atom stereocenters. The summed E-state index contributed by atoms with van der Waals surface area (Å²) in [6.45, 7) is 4.38. The van der Waals surface area contributed by atoms with E-state index in [9.17, 15) is 24.5 Å². The first-order valence-electron chi connectivity index (χ1n) is 13.8. The summed E-state index contributed by atoms with van der Waals surface area (Å²) in [5.74, 6) is -2.03. The van der Waals surface area contributed by atoms with Crippen molar-refractivity contribution in [3.63, 3.8) is 0 Å². The molecule has 9 heteroatoms. The lowest BCUT2D eigenvalue weighted by atomic mass is 9.58. The maximum atomic E-state index is 13.5. The Morgan fingerprint density at radius 1 is 1.13 bits per heavy atom. The number of rotatable bonds is 11. The summed E-state index contributed by atoms with van der Waals surface area (Å²) in [5.41, 5.74) is 4.05. The summed E-state index contributed by atoms with van der Waals surface area (Å²) in [6, 6.07) is 7.17. The van der Waals surface area contributed by atoms with Gasteiger partial charge in [-0.25, -0.2) is 0 Å². The highest BCUT2D eigenvalue weighted by molar-refractivity contribution is 6.43. The van der Waals surface area contributed by atoms with E-state index in [-0.39, 0.29) is 36.0 Å². The van der Waals surface area contributed by atoms with Crippen LogP contribution < -0.4 is 0 Å². The molecule has 3 aliphatic rings. The van der Waals surface area contributed by atoms with E-state index < -0.39 is 24.9 Å². The highest BCUT2D eigenvalue weighted by Gasteiger charge is 2.56. The number of hydrogen-bond acceptors (Lipinski definition) is 6. The van der Waals surface area contributed by atoms with Crippen molar-refractivity contribution in [2.75, 3.05) is 6.54 Å². The van der Waals surface area contributed by atoms with Gasteiger partial charge in [-0.3, -0.25) is 19.3 Å². The molecule has 4 atom stereocenters. The van der Waals surface area contributed by atoms with E-state index in [1.54, 1.807) is 12.1 Å². The molecule has 1 aromatic carbocycles. The van der Waals surface area contributed by atoms with Crippen LogP contribution in [0.1, 0.15) is 70.8 Å². The van der Waals surface area contributed by atoms with Gasteiger partial charge in [0.1, 0.15) is 5.75 Å². The quantitative estimate of drug-likeness (QED) is 0.170. The summed E-state index contributed by atoms with van der Waals surface area (Å²) < 4.78 is 6.02. The first kappa shape index (κ1) is 28.1. The number of carboxylic acid groups (broad SMARTS) is 1. The number of likely N-dealkylation sites (tertiary alicyclic amines) is 1. The first-order valence-corrected chi connectivity index (χ1v) is 13.8. The second kappa shape index (κ2) is 12.3. The molecule has 2 aliphatic heterocycles. The number of benzene rings is 1. The number of phenolic OH excluding ortho intramolecular Hbond substituents is 1. The van der Waals surface area contributed by atoms with Crippen LogP contribution in [0.5, 0.6) is 5.75 Å². The molecule has 2 fully saturated rings. The second-order valence-electron chi connectivity index (χ2n) is 10.8. The number of para-hydroxylation sites is 1. The van der Waals surface area contributed by atoms with Gasteiger partial charge < -0.3 is 19.9 Å². The Labute approximate surface area is 224 Å². The Bertz CT molecular complexity index is 1130. The average molecular weight is 523 g/mol. The number of nitrogens with zero attached hydrogens (tertiary/aromatic N) is 1. The van der Waals surface area contributed by atoms with Gasteiger partial charge >= 0.3 is 13.1 Å². The molecule has 1 aliphatic carbocycles. The van der Waals surface area contributed by atoms with Gasteiger partial charge in [-0.05, 0) is 69.3 Å².